The highest BCUT2D eigenvalue weighted by Crippen LogP contribution is 2.26. The molecule has 0 aliphatic heterocycles. The third kappa shape index (κ3) is 2.75. The standard InChI is InChI=1S/C8H11ClO2S/c1-2-11-5-6(10)7-3-4-8(9)12-7/h3-4,6,10H,2,5H2,1H3. The van der Waals surface area contributed by atoms with Crippen molar-refractivity contribution in [1.29, 1.82) is 0 Å². The van der Waals surface area contributed by atoms with E-state index in [2.05, 4.69) is 0 Å². The largest absolute Gasteiger partial charge is 0.385 e. The molecule has 4 heteroatoms. The average Bonchev–Trinajstić information content (AvgIpc) is 2.47. The summed E-state index contributed by atoms with van der Waals surface area (Å²) in [7, 11) is 0. The van der Waals surface area contributed by atoms with E-state index in [1.807, 2.05) is 13.0 Å². The Morgan fingerprint density at radius 2 is 2.42 bits per heavy atom. The Bertz CT molecular complexity index is 237. The molecule has 1 atom stereocenters. The van der Waals surface area contributed by atoms with Crippen molar-refractivity contribution in [2.45, 2.75) is 13.0 Å². The van der Waals surface area contributed by atoms with Crippen LogP contribution in [0.4, 0.5) is 0 Å². The highest BCUT2D eigenvalue weighted by Gasteiger charge is 2.09. The fourth-order valence-corrected chi connectivity index (χ4v) is 1.85. The normalized spacial score (nSPS) is 13.2. The van der Waals surface area contributed by atoms with E-state index < -0.39 is 6.10 Å². The van der Waals surface area contributed by atoms with Crippen LogP contribution in [0.3, 0.4) is 0 Å². The van der Waals surface area contributed by atoms with Gasteiger partial charge in [0.1, 0.15) is 6.10 Å². The van der Waals surface area contributed by atoms with Crippen LogP contribution >= 0.6 is 22.9 Å². The van der Waals surface area contributed by atoms with Gasteiger partial charge in [0.15, 0.2) is 0 Å². The molecule has 1 N–H and O–H groups in total. The van der Waals surface area contributed by atoms with Gasteiger partial charge in [-0.15, -0.1) is 11.3 Å². The van der Waals surface area contributed by atoms with E-state index in [1.54, 1.807) is 6.07 Å². The summed E-state index contributed by atoms with van der Waals surface area (Å²) in [6, 6.07) is 3.59. The molecule has 2 nitrogen and oxygen atoms in total. The number of rotatable bonds is 4. The van der Waals surface area contributed by atoms with Gasteiger partial charge < -0.3 is 9.84 Å². The van der Waals surface area contributed by atoms with Gasteiger partial charge in [0.05, 0.1) is 10.9 Å². The molecule has 0 amide bonds. The van der Waals surface area contributed by atoms with E-state index in [9.17, 15) is 5.11 Å². The molecule has 1 rings (SSSR count). The number of hydrogen-bond acceptors (Lipinski definition) is 3. The summed E-state index contributed by atoms with van der Waals surface area (Å²) >= 11 is 7.09. The molecule has 1 unspecified atom stereocenters. The minimum absolute atomic E-state index is 0.341. The highest BCUT2D eigenvalue weighted by atomic mass is 35.5. The number of halogens is 1. The van der Waals surface area contributed by atoms with E-state index in [1.165, 1.54) is 11.3 Å². The summed E-state index contributed by atoms with van der Waals surface area (Å²) in [6.45, 7) is 2.86. The van der Waals surface area contributed by atoms with Crippen LogP contribution in [-0.4, -0.2) is 18.3 Å². The van der Waals surface area contributed by atoms with Crippen molar-refractivity contribution < 1.29 is 9.84 Å². The topological polar surface area (TPSA) is 29.5 Å². The van der Waals surface area contributed by atoms with Gasteiger partial charge in [-0.2, -0.15) is 0 Å². The van der Waals surface area contributed by atoms with E-state index >= 15 is 0 Å². The molecule has 0 aromatic carbocycles. The molecule has 68 valence electrons. The fourth-order valence-electron chi connectivity index (χ4n) is 0.819. The van der Waals surface area contributed by atoms with Crippen LogP contribution in [0.2, 0.25) is 4.34 Å². The van der Waals surface area contributed by atoms with Gasteiger partial charge in [-0.05, 0) is 19.1 Å². The SMILES string of the molecule is CCOCC(O)c1ccc(Cl)s1. The zero-order valence-corrected chi connectivity index (χ0v) is 8.36. The number of aliphatic hydroxyl groups excluding tert-OH is 1. The van der Waals surface area contributed by atoms with Crippen LogP contribution in [0.5, 0.6) is 0 Å². The molecule has 1 heterocycles. The molecule has 1 aromatic rings. The maximum absolute atomic E-state index is 9.49. The minimum atomic E-state index is -0.539. The molecule has 1 aromatic heterocycles. The monoisotopic (exact) mass is 206 g/mol. The Morgan fingerprint density at radius 1 is 1.67 bits per heavy atom. The van der Waals surface area contributed by atoms with Crippen molar-refractivity contribution >= 4 is 22.9 Å². The van der Waals surface area contributed by atoms with E-state index in [0.29, 0.717) is 17.6 Å². The molecule has 0 saturated carbocycles. The van der Waals surface area contributed by atoms with Crippen LogP contribution in [0.1, 0.15) is 17.9 Å². The van der Waals surface area contributed by atoms with E-state index in [-0.39, 0.29) is 0 Å². The van der Waals surface area contributed by atoms with Crippen molar-refractivity contribution in [3.63, 3.8) is 0 Å². The summed E-state index contributed by atoms with van der Waals surface area (Å²) < 4.78 is 5.77. The first-order chi connectivity index (χ1) is 5.74. The third-order valence-corrected chi connectivity index (χ3v) is 2.73. The first-order valence-corrected chi connectivity index (χ1v) is 4.94. The van der Waals surface area contributed by atoms with Crippen LogP contribution in [0.25, 0.3) is 0 Å². The van der Waals surface area contributed by atoms with Gasteiger partial charge in [0.2, 0.25) is 0 Å². The molecule has 0 fully saturated rings. The van der Waals surface area contributed by atoms with Crippen molar-refractivity contribution in [2.24, 2.45) is 0 Å². The predicted octanol–water partition coefficient (Wildman–Crippen LogP) is 2.47. The van der Waals surface area contributed by atoms with Crippen LogP contribution in [0.15, 0.2) is 12.1 Å². The maximum atomic E-state index is 9.49. The van der Waals surface area contributed by atoms with Crippen molar-refractivity contribution in [2.75, 3.05) is 13.2 Å². The summed E-state index contributed by atoms with van der Waals surface area (Å²) in [5.74, 6) is 0. The van der Waals surface area contributed by atoms with Crippen LogP contribution < -0.4 is 0 Å². The van der Waals surface area contributed by atoms with Gasteiger partial charge in [-0.1, -0.05) is 11.6 Å². The van der Waals surface area contributed by atoms with Gasteiger partial charge in [0.25, 0.3) is 0 Å². The molecular formula is C8H11ClO2S. The van der Waals surface area contributed by atoms with E-state index in [0.717, 1.165) is 4.88 Å². The number of ether oxygens (including phenoxy) is 1. The lowest BCUT2D eigenvalue weighted by molar-refractivity contribution is 0.0439. The number of thiophene rings is 1. The van der Waals surface area contributed by atoms with Crippen molar-refractivity contribution in [1.82, 2.24) is 0 Å². The van der Waals surface area contributed by atoms with Gasteiger partial charge in [0, 0.05) is 11.5 Å². The Morgan fingerprint density at radius 3 is 2.92 bits per heavy atom. The van der Waals surface area contributed by atoms with Crippen LogP contribution in [-0.2, 0) is 4.74 Å². The lowest BCUT2D eigenvalue weighted by Gasteiger charge is -2.06. The minimum Gasteiger partial charge on any atom is -0.385 e. The lowest BCUT2D eigenvalue weighted by Crippen LogP contribution is -2.04. The Labute approximate surface area is 80.7 Å². The molecule has 0 aliphatic rings. The van der Waals surface area contributed by atoms with Gasteiger partial charge >= 0.3 is 0 Å². The van der Waals surface area contributed by atoms with Gasteiger partial charge in [-0.25, -0.2) is 0 Å². The summed E-state index contributed by atoms with van der Waals surface area (Å²) in [6.07, 6.45) is -0.539. The average molecular weight is 207 g/mol. The summed E-state index contributed by atoms with van der Waals surface area (Å²) in [4.78, 5) is 0.855. The van der Waals surface area contributed by atoms with E-state index in [4.69, 9.17) is 16.3 Å². The summed E-state index contributed by atoms with van der Waals surface area (Å²) in [5, 5.41) is 9.49. The van der Waals surface area contributed by atoms with Crippen molar-refractivity contribution in [3.8, 4) is 0 Å². The zero-order chi connectivity index (χ0) is 8.97. The first kappa shape index (κ1) is 9.99. The lowest BCUT2D eigenvalue weighted by atomic mass is 10.3. The second-order valence-electron chi connectivity index (χ2n) is 2.32. The smallest absolute Gasteiger partial charge is 0.111 e. The number of aliphatic hydroxyl groups is 1. The Balaban J connectivity index is 2.47. The first-order valence-electron chi connectivity index (χ1n) is 3.75. The second-order valence-corrected chi connectivity index (χ2v) is 4.06. The van der Waals surface area contributed by atoms with Crippen LogP contribution in [0, 0.1) is 0 Å². The second kappa shape index (κ2) is 4.82. The third-order valence-electron chi connectivity index (χ3n) is 1.40. The maximum Gasteiger partial charge on any atom is 0.111 e. The molecule has 0 bridgehead atoms. The molecule has 0 radical (unpaired) electrons. The highest BCUT2D eigenvalue weighted by molar-refractivity contribution is 7.16. The van der Waals surface area contributed by atoms with Crippen molar-refractivity contribution in [3.05, 3.63) is 21.3 Å². The molecule has 0 aliphatic carbocycles. The number of hydrogen-bond donors (Lipinski definition) is 1. The summed E-state index contributed by atoms with van der Waals surface area (Å²) in [5.41, 5.74) is 0. The molecular weight excluding hydrogens is 196 g/mol. The fraction of sp³-hybridized carbons (Fsp3) is 0.500. The quantitative estimate of drug-likeness (QED) is 0.820. The molecule has 0 spiro atoms. The Hall–Kier alpha value is -0.0900. The zero-order valence-electron chi connectivity index (χ0n) is 6.79. The molecule has 0 saturated heterocycles. The molecule has 12 heavy (non-hydrogen) atoms. The van der Waals surface area contributed by atoms with Gasteiger partial charge in [-0.3, -0.25) is 0 Å². The Kier molecular flexibility index (Phi) is 4.01. The predicted molar refractivity (Wildman–Crippen MR) is 50.8 cm³/mol.